The molecule has 0 aliphatic carbocycles. The zero-order chi connectivity index (χ0) is 15.0. The van der Waals surface area contributed by atoms with E-state index in [1.54, 1.807) is 16.8 Å². The van der Waals surface area contributed by atoms with Crippen molar-refractivity contribution in [1.29, 1.82) is 0 Å². The molecular formula is C13H12N4O4. The summed E-state index contributed by atoms with van der Waals surface area (Å²) in [7, 11) is 0. The summed E-state index contributed by atoms with van der Waals surface area (Å²) in [5, 5.41) is 24.1. The van der Waals surface area contributed by atoms with Gasteiger partial charge in [0, 0.05) is 24.2 Å². The molecule has 2 aromatic rings. The lowest BCUT2D eigenvalue weighted by molar-refractivity contribution is -0.384. The number of fused-ring (bicyclic) bond motifs is 1. The Bertz CT molecular complexity index is 707. The summed E-state index contributed by atoms with van der Waals surface area (Å²) in [6.45, 7) is 0.638. The van der Waals surface area contributed by atoms with Crippen molar-refractivity contribution in [3.05, 3.63) is 40.2 Å². The average molecular weight is 288 g/mol. The number of non-ortho nitro benzene ring substituents is 1. The summed E-state index contributed by atoms with van der Waals surface area (Å²) < 4.78 is 1.61. The highest BCUT2D eigenvalue weighted by Gasteiger charge is 2.30. The number of carbonyl (C=O) groups is 1. The van der Waals surface area contributed by atoms with Crippen molar-refractivity contribution in [1.82, 2.24) is 14.8 Å². The normalized spacial score (nSPS) is 17.2. The van der Waals surface area contributed by atoms with E-state index >= 15 is 0 Å². The Kier molecular flexibility index (Phi) is 3.13. The van der Waals surface area contributed by atoms with E-state index in [1.165, 1.54) is 12.1 Å². The van der Waals surface area contributed by atoms with Crippen LogP contribution in [0.2, 0.25) is 0 Å². The quantitative estimate of drug-likeness (QED) is 0.681. The fourth-order valence-electron chi connectivity index (χ4n) is 2.44. The van der Waals surface area contributed by atoms with Gasteiger partial charge in [-0.15, -0.1) is 0 Å². The molecule has 1 aromatic heterocycles. The molecule has 0 saturated carbocycles. The van der Waals surface area contributed by atoms with Gasteiger partial charge in [0.2, 0.25) is 0 Å². The molecule has 1 N–H and O–H groups in total. The van der Waals surface area contributed by atoms with E-state index in [-0.39, 0.29) is 5.69 Å². The molecule has 0 fully saturated rings. The summed E-state index contributed by atoms with van der Waals surface area (Å²) in [6, 6.07) is 5.89. The van der Waals surface area contributed by atoms with Crippen LogP contribution >= 0.6 is 0 Å². The Morgan fingerprint density at radius 2 is 2.10 bits per heavy atom. The summed E-state index contributed by atoms with van der Waals surface area (Å²) >= 11 is 0. The third kappa shape index (κ3) is 2.35. The van der Waals surface area contributed by atoms with Gasteiger partial charge < -0.3 is 5.11 Å². The topological polar surface area (TPSA) is 111 Å². The molecule has 3 rings (SSSR count). The SMILES string of the molecule is O=C(O)C1CCCn2nc(-c3ccc([N+](=O)[O-])cc3)nc21. The number of hydrogen-bond acceptors (Lipinski definition) is 5. The van der Waals surface area contributed by atoms with E-state index in [1.807, 2.05) is 0 Å². The Morgan fingerprint density at radius 1 is 1.38 bits per heavy atom. The molecule has 0 bridgehead atoms. The molecule has 1 aliphatic heterocycles. The van der Waals surface area contributed by atoms with Gasteiger partial charge in [0.25, 0.3) is 5.69 Å². The Labute approximate surface area is 119 Å². The van der Waals surface area contributed by atoms with Crippen LogP contribution in [0.25, 0.3) is 11.4 Å². The number of hydrogen-bond donors (Lipinski definition) is 1. The van der Waals surface area contributed by atoms with E-state index in [4.69, 9.17) is 0 Å². The van der Waals surface area contributed by atoms with Gasteiger partial charge in [-0.2, -0.15) is 5.10 Å². The molecule has 0 amide bonds. The van der Waals surface area contributed by atoms with Gasteiger partial charge in [-0.1, -0.05) is 0 Å². The largest absolute Gasteiger partial charge is 0.481 e. The van der Waals surface area contributed by atoms with Crippen LogP contribution in [0.3, 0.4) is 0 Å². The van der Waals surface area contributed by atoms with Crippen molar-refractivity contribution in [2.45, 2.75) is 25.3 Å². The van der Waals surface area contributed by atoms with Gasteiger partial charge in [0.15, 0.2) is 5.82 Å². The molecular weight excluding hydrogens is 276 g/mol. The van der Waals surface area contributed by atoms with Crippen molar-refractivity contribution < 1.29 is 14.8 Å². The third-order valence-corrected chi connectivity index (χ3v) is 3.51. The van der Waals surface area contributed by atoms with Gasteiger partial charge in [-0.05, 0) is 25.0 Å². The first-order valence-corrected chi connectivity index (χ1v) is 6.48. The highest BCUT2D eigenvalue weighted by molar-refractivity contribution is 5.75. The van der Waals surface area contributed by atoms with E-state index in [9.17, 15) is 20.0 Å². The smallest absolute Gasteiger partial charge is 0.314 e. The standard InChI is InChI=1S/C13H12N4O4/c18-13(19)10-2-1-7-16-12(10)14-11(15-16)8-3-5-9(6-4-8)17(20)21/h3-6,10H,1-2,7H2,(H,18,19). The maximum absolute atomic E-state index is 11.2. The lowest BCUT2D eigenvalue weighted by Gasteiger charge is -2.17. The molecule has 0 spiro atoms. The second kappa shape index (κ2) is 4.97. The van der Waals surface area contributed by atoms with Crippen LogP contribution in [-0.4, -0.2) is 30.8 Å². The van der Waals surface area contributed by atoms with Crippen LogP contribution < -0.4 is 0 Å². The lowest BCUT2D eigenvalue weighted by atomic mass is 10.00. The Morgan fingerprint density at radius 3 is 2.71 bits per heavy atom. The number of carboxylic acids is 1. The maximum Gasteiger partial charge on any atom is 0.314 e. The van der Waals surface area contributed by atoms with Gasteiger partial charge in [-0.25, -0.2) is 9.67 Å². The van der Waals surface area contributed by atoms with Crippen LogP contribution in [0.1, 0.15) is 24.6 Å². The summed E-state index contributed by atoms with van der Waals surface area (Å²) in [4.78, 5) is 25.7. The first-order valence-electron chi connectivity index (χ1n) is 6.48. The minimum atomic E-state index is -0.904. The first kappa shape index (κ1) is 13.2. The van der Waals surface area contributed by atoms with E-state index < -0.39 is 16.8 Å². The Balaban J connectivity index is 1.97. The summed E-state index contributed by atoms with van der Waals surface area (Å²) in [5.74, 6) is -0.702. The molecule has 2 heterocycles. The van der Waals surface area contributed by atoms with Crippen LogP contribution in [0.15, 0.2) is 24.3 Å². The fraction of sp³-hybridized carbons (Fsp3) is 0.308. The van der Waals surface area contributed by atoms with Crippen LogP contribution in [-0.2, 0) is 11.3 Å². The molecule has 8 nitrogen and oxygen atoms in total. The maximum atomic E-state index is 11.2. The van der Waals surface area contributed by atoms with Crippen molar-refractivity contribution in [2.75, 3.05) is 0 Å². The van der Waals surface area contributed by atoms with Gasteiger partial charge in [0.05, 0.1) is 4.92 Å². The van der Waals surface area contributed by atoms with Crippen LogP contribution in [0.5, 0.6) is 0 Å². The number of benzene rings is 1. The molecule has 1 unspecified atom stereocenters. The first-order chi connectivity index (χ1) is 10.1. The molecule has 0 radical (unpaired) electrons. The van der Waals surface area contributed by atoms with Crippen LogP contribution in [0.4, 0.5) is 5.69 Å². The number of aryl methyl sites for hydroxylation is 1. The molecule has 108 valence electrons. The zero-order valence-electron chi connectivity index (χ0n) is 11.0. The fourth-order valence-corrected chi connectivity index (χ4v) is 2.44. The van der Waals surface area contributed by atoms with Gasteiger partial charge in [0.1, 0.15) is 11.7 Å². The summed E-state index contributed by atoms with van der Waals surface area (Å²) in [6.07, 6.45) is 1.29. The second-order valence-electron chi connectivity index (χ2n) is 4.85. The molecule has 0 saturated heterocycles. The molecule has 1 aromatic carbocycles. The molecule has 1 atom stereocenters. The average Bonchev–Trinajstić information content (AvgIpc) is 2.90. The van der Waals surface area contributed by atoms with Gasteiger partial charge in [-0.3, -0.25) is 14.9 Å². The van der Waals surface area contributed by atoms with E-state index in [0.717, 1.165) is 6.42 Å². The summed E-state index contributed by atoms with van der Waals surface area (Å²) in [5.41, 5.74) is 0.623. The van der Waals surface area contributed by atoms with E-state index in [0.29, 0.717) is 30.2 Å². The van der Waals surface area contributed by atoms with Crippen LogP contribution in [0, 0.1) is 10.1 Å². The lowest BCUT2D eigenvalue weighted by Crippen LogP contribution is -2.22. The molecule has 1 aliphatic rings. The minimum Gasteiger partial charge on any atom is -0.481 e. The number of nitro groups is 1. The third-order valence-electron chi connectivity index (χ3n) is 3.51. The number of rotatable bonds is 3. The van der Waals surface area contributed by atoms with Gasteiger partial charge >= 0.3 is 5.97 Å². The number of carboxylic acid groups (broad SMARTS) is 1. The number of aliphatic carboxylic acids is 1. The number of nitro benzene ring substituents is 1. The predicted octanol–water partition coefficient (Wildman–Crippen LogP) is 1.82. The highest BCUT2D eigenvalue weighted by atomic mass is 16.6. The van der Waals surface area contributed by atoms with Crippen molar-refractivity contribution in [3.8, 4) is 11.4 Å². The number of aromatic nitrogens is 3. The second-order valence-corrected chi connectivity index (χ2v) is 4.85. The zero-order valence-corrected chi connectivity index (χ0v) is 11.0. The van der Waals surface area contributed by atoms with E-state index in [2.05, 4.69) is 10.1 Å². The Hall–Kier alpha value is -2.77. The molecule has 8 heteroatoms. The highest BCUT2D eigenvalue weighted by Crippen LogP contribution is 2.28. The van der Waals surface area contributed by atoms with Crippen molar-refractivity contribution in [3.63, 3.8) is 0 Å². The predicted molar refractivity (Wildman–Crippen MR) is 71.7 cm³/mol. The monoisotopic (exact) mass is 288 g/mol. The minimum absolute atomic E-state index is 0.00821. The van der Waals surface area contributed by atoms with Crippen molar-refractivity contribution in [2.24, 2.45) is 0 Å². The number of nitrogens with zero attached hydrogens (tertiary/aromatic N) is 4. The molecule has 21 heavy (non-hydrogen) atoms. The van der Waals surface area contributed by atoms with Crippen molar-refractivity contribution >= 4 is 11.7 Å².